The van der Waals surface area contributed by atoms with Crippen LogP contribution in [0.1, 0.15) is 34.1 Å². The van der Waals surface area contributed by atoms with E-state index in [9.17, 15) is 18.0 Å². The van der Waals surface area contributed by atoms with Gasteiger partial charge in [0.1, 0.15) is 5.69 Å². The number of benzene rings is 2. The quantitative estimate of drug-likeness (QED) is 0.568. The summed E-state index contributed by atoms with van der Waals surface area (Å²) >= 11 is 6.21. The Hall–Kier alpha value is -2.80. The Labute approximate surface area is 164 Å². The maximum absolute atomic E-state index is 13.1. The van der Waals surface area contributed by atoms with E-state index in [4.69, 9.17) is 11.6 Å². The number of nitrogens with zero attached hydrogens (tertiary/aromatic N) is 1. The first-order valence-electron chi connectivity index (χ1n) is 8.53. The third-order valence-electron chi connectivity index (χ3n) is 4.35. The topological polar surface area (TPSA) is 57.8 Å². The Balaban J connectivity index is 1.95. The highest BCUT2D eigenvalue weighted by molar-refractivity contribution is 6.33. The molecule has 4 nitrogen and oxygen atoms in total. The van der Waals surface area contributed by atoms with Crippen molar-refractivity contribution in [3.63, 3.8) is 0 Å². The Morgan fingerprint density at radius 1 is 1.21 bits per heavy atom. The van der Waals surface area contributed by atoms with Gasteiger partial charge in [0.25, 0.3) is 5.91 Å². The van der Waals surface area contributed by atoms with Crippen molar-refractivity contribution in [2.45, 2.75) is 26.4 Å². The number of halogens is 4. The zero-order valence-electron chi connectivity index (χ0n) is 15.1. The lowest BCUT2D eigenvalue weighted by Gasteiger charge is -2.14. The van der Waals surface area contributed by atoms with E-state index in [1.165, 1.54) is 12.1 Å². The molecule has 0 aliphatic carbocycles. The van der Waals surface area contributed by atoms with Gasteiger partial charge in [-0.2, -0.15) is 18.3 Å². The summed E-state index contributed by atoms with van der Waals surface area (Å²) in [4.78, 5) is 12.8. The van der Waals surface area contributed by atoms with E-state index in [1.807, 2.05) is 0 Å². The fourth-order valence-corrected chi connectivity index (χ4v) is 3.21. The second-order valence-corrected chi connectivity index (χ2v) is 6.64. The second-order valence-electron chi connectivity index (χ2n) is 6.23. The molecule has 0 saturated carbocycles. The van der Waals surface area contributed by atoms with Crippen molar-refractivity contribution in [3.05, 3.63) is 69.9 Å². The van der Waals surface area contributed by atoms with Crippen LogP contribution < -0.4 is 5.32 Å². The number of hydrogen-bond donors (Lipinski definition) is 2. The highest BCUT2D eigenvalue weighted by Crippen LogP contribution is 2.34. The molecular formula is C20H17ClF3N3O. The first kappa shape index (κ1) is 19.9. The van der Waals surface area contributed by atoms with E-state index in [0.29, 0.717) is 22.0 Å². The fraction of sp³-hybridized carbons (Fsp3) is 0.200. The van der Waals surface area contributed by atoms with Gasteiger partial charge >= 0.3 is 6.18 Å². The van der Waals surface area contributed by atoms with Gasteiger partial charge in [0.15, 0.2) is 0 Å². The summed E-state index contributed by atoms with van der Waals surface area (Å²) < 4.78 is 39.2. The average molecular weight is 408 g/mol. The molecule has 3 aromatic rings. The summed E-state index contributed by atoms with van der Waals surface area (Å²) in [6.07, 6.45) is -4.25. The van der Waals surface area contributed by atoms with E-state index in [2.05, 4.69) is 15.5 Å². The summed E-state index contributed by atoms with van der Waals surface area (Å²) in [5, 5.41) is 10.0. The van der Waals surface area contributed by atoms with E-state index >= 15 is 0 Å². The number of nitrogens with one attached hydrogen (secondary N) is 2. The average Bonchev–Trinajstić information content (AvgIpc) is 3.02. The number of aryl methyl sites for hydroxylation is 2. The van der Waals surface area contributed by atoms with Crippen LogP contribution in [0.2, 0.25) is 5.02 Å². The van der Waals surface area contributed by atoms with Crippen molar-refractivity contribution in [1.29, 1.82) is 0 Å². The first-order chi connectivity index (χ1) is 13.2. The van der Waals surface area contributed by atoms with Crippen LogP contribution in [-0.2, 0) is 12.6 Å². The molecular weight excluding hydrogens is 391 g/mol. The Morgan fingerprint density at radius 2 is 1.93 bits per heavy atom. The lowest BCUT2D eigenvalue weighted by Crippen LogP contribution is -2.15. The van der Waals surface area contributed by atoms with Crippen LogP contribution in [0.5, 0.6) is 0 Å². The molecule has 2 aromatic carbocycles. The van der Waals surface area contributed by atoms with E-state index in [-0.39, 0.29) is 23.2 Å². The normalized spacial score (nSPS) is 11.5. The molecule has 0 bridgehead atoms. The standard InChI is InChI=1S/C20H17ClF3N3O/c1-3-12-10-13(8-9-15(12)20(22,23)24)25-19(28)17-11(2)26-27-18(17)14-6-4-5-7-16(14)21/h4-10H,3H2,1-2H3,(H,25,28)(H,26,27). The minimum atomic E-state index is -4.44. The molecule has 1 heterocycles. The predicted molar refractivity (Wildman–Crippen MR) is 103 cm³/mol. The summed E-state index contributed by atoms with van der Waals surface area (Å²) in [5.74, 6) is -0.483. The number of amides is 1. The van der Waals surface area contributed by atoms with Gasteiger partial charge in [0, 0.05) is 16.9 Å². The van der Waals surface area contributed by atoms with Crippen LogP contribution in [-0.4, -0.2) is 16.1 Å². The van der Waals surface area contributed by atoms with Crippen LogP contribution >= 0.6 is 11.6 Å². The van der Waals surface area contributed by atoms with Crippen molar-refractivity contribution in [2.24, 2.45) is 0 Å². The van der Waals surface area contributed by atoms with Crippen molar-refractivity contribution < 1.29 is 18.0 Å². The molecule has 146 valence electrons. The van der Waals surface area contributed by atoms with Gasteiger partial charge in [-0.1, -0.05) is 36.7 Å². The number of carbonyl (C=O) groups excluding carboxylic acids is 1. The van der Waals surface area contributed by atoms with E-state index in [1.54, 1.807) is 38.1 Å². The Morgan fingerprint density at radius 3 is 2.57 bits per heavy atom. The number of hydrogen-bond acceptors (Lipinski definition) is 2. The number of alkyl halides is 3. The summed E-state index contributed by atoms with van der Waals surface area (Å²) in [5.41, 5.74) is 1.45. The molecule has 8 heteroatoms. The van der Waals surface area contributed by atoms with Crippen molar-refractivity contribution in [2.75, 3.05) is 5.32 Å². The smallest absolute Gasteiger partial charge is 0.322 e. The van der Waals surface area contributed by atoms with Crippen molar-refractivity contribution >= 4 is 23.2 Å². The molecule has 1 aromatic heterocycles. The molecule has 28 heavy (non-hydrogen) atoms. The number of rotatable bonds is 4. The second kappa shape index (κ2) is 7.67. The van der Waals surface area contributed by atoms with Gasteiger partial charge in [-0.05, 0) is 43.2 Å². The van der Waals surface area contributed by atoms with Crippen LogP contribution in [0.15, 0.2) is 42.5 Å². The third kappa shape index (κ3) is 3.89. The molecule has 0 unspecified atom stereocenters. The number of H-pyrrole nitrogens is 1. The fourth-order valence-electron chi connectivity index (χ4n) is 2.99. The number of carbonyl (C=O) groups is 1. The molecule has 1 amide bonds. The van der Waals surface area contributed by atoms with Crippen LogP contribution in [0.3, 0.4) is 0 Å². The predicted octanol–water partition coefficient (Wildman–Crippen LogP) is 5.87. The Bertz CT molecular complexity index is 1030. The summed E-state index contributed by atoms with van der Waals surface area (Å²) in [6.45, 7) is 3.32. The zero-order chi connectivity index (χ0) is 20.5. The highest BCUT2D eigenvalue weighted by Gasteiger charge is 2.33. The molecule has 2 N–H and O–H groups in total. The van der Waals surface area contributed by atoms with Crippen molar-refractivity contribution in [1.82, 2.24) is 10.2 Å². The van der Waals surface area contributed by atoms with Crippen LogP contribution in [0.4, 0.5) is 18.9 Å². The van der Waals surface area contributed by atoms with Gasteiger partial charge in [-0.3, -0.25) is 9.89 Å². The van der Waals surface area contributed by atoms with E-state index in [0.717, 1.165) is 6.07 Å². The monoisotopic (exact) mass is 407 g/mol. The number of aromatic nitrogens is 2. The molecule has 0 aliphatic rings. The summed E-state index contributed by atoms with van der Waals surface area (Å²) in [6, 6.07) is 10.5. The molecule has 0 fully saturated rings. The minimum Gasteiger partial charge on any atom is -0.322 e. The first-order valence-corrected chi connectivity index (χ1v) is 8.91. The third-order valence-corrected chi connectivity index (χ3v) is 4.68. The number of anilines is 1. The minimum absolute atomic E-state index is 0.112. The molecule has 0 spiro atoms. The Kier molecular flexibility index (Phi) is 5.47. The van der Waals surface area contributed by atoms with Gasteiger partial charge < -0.3 is 5.32 Å². The maximum Gasteiger partial charge on any atom is 0.416 e. The lowest BCUT2D eigenvalue weighted by molar-refractivity contribution is -0.138. The van der Waals surface area contributed by atoms with Gasteiger partial charge in [0.2, 0.25) is 0 Å². The van der Waals surface area contributed by atoms with E-state index < -0.39 is 17.6 Å². The molecule has 0 atom stereocenters. The maximum atomic E-state index is 13.1. The SMILES string of the molecule is CCc1cc(NC(=O)c2c(-c3ccccc3Cl)n[nH]c2C)ccc1C(F)(F)F. The lowest BCUT2D eigenvalue weighted by atomic mass is 10.0. The highest BCUT2D eigenvalue weighted by atomic mass is 35.5. The van der Waals surface area contributed by atoms with Gasteiger partial charge in [0.05, 0.1) is 16.1 Å². The van der Waals surface area contributed by atoms with Crippen molar-refractivity contribution in [3.8, 4) is 11.3 Å². The van der Waals surface area contributed by atoms with Gasteiger partial charge in [-0.15, -0.1) is 0 Å². The molecule has 0 radical (unpaired) electrons. The number of aromatic amines is 1. The largest absolute Gasteiger partial charge is 0.416 e. The molecule has 3 rings (SSSR count). The molecule has 0 aliphatic heterocycles. The van der Waals surface area contributed by atoms with Crippen LogP contribution in [0, 0.1) is 6.92 Å². The van der Waals surface area contributed by atoms with Gasteiger partial charge in [-0.25, -0.2) is 0 Å². The molecule has 0 saturated heterocycles. The summed E-state index contributed by atoms with van der Waals surface area (Å²) in [7, 11) is 0. The van der Waals surface area contributed by atoms with Crippen LogP contribution in [0.25, 0.3) is 11.3 Å². The zero-order valence-corrected chi connectivity index (χ0v) is 15.9.